The van der Waals surface area contributed by atoms with Gasteiger partial charge >= 0.3 is 5.97 Å². The molecule has 1 saturated carbocycles. The van der Waals surface area contributed by atoms with Gasteiger partial charge in [0, 0.05) is 6.08 Å². The summed E-state index contributed by atoms with van der Waals surface area (Å²) in [5.74, 6) is 1.61. The molecule has 1 fully saturated rings. The van der Waals surface area contributed by atoms with E-state index >= 15 is 0 Å². The van der Waals surface area contributed by atoms with Gasteiger partial charge in [-0.15, -0.1) is 0 Å². The lowest BCUT2D eigenvalue weighted by Crippen LogP contribution is -2.30. The van der Waals surface area contributed by atoms with Crippen LogP contribution >= 0.6 is 0 Å². The topological polar surface area (TPSA) is 37.3 Å². The fourth-order valence-corrected chi connectivity index (χ4v) is 4.51. The number of carboxylic acids is 1. The molecule has 4 atom stereocenters. The Bertz CT molecular complexity index is 738. The second kappa shape index (κ2) is 6.48. The predicted octanol–water partition coefficient (Wildman–Crippen LogP) is 5.80. The SMILES string of the molecule is CC(/C=C/C1CC1c1ccc2c(c1)C(C)(C)CC(C)C2C)=C\C(=O)O. The van der Waals surface area contributed by atoms with Crippen LogP contribution in [0.25, 0.3) is 0 Å². The van der Waals surface area contributed by atoms with Gasteiger partial charge in [0.05, 0.1) is 0 Å². The molecule has 1 aromatic rings. The number of hydrogen-bond donors (Lipinski definition) is 1. The lowest BCUT2D eigenvalue weighted by Gasteiger charge is -2.40. The Hall–Kier alpha value is -1.83. The zero-order valence-electron chi connectivity index (χ0n) is 16.0. The molecule has 0 saturated heterocycles. The monoisotopic (exact) mass is 338 g/mol. The standard InChI is InChI=1S/C23H30O2/c1-14(10-22(24)25)6-7-17-11-20(17)18-8-9-19-16(3)15(2)13-23(4,5)21(19)12-18/h6-10,12,15-17,20H,11,13H2,1-5H3,(H,24,25)/b7-6+,14-10+. The van der Waals surface area contributed by atoms with Crippen LogP contribution in [-0.2, 0) is 10.2 Å². The molecule has 134 valence electrons. The number of allylic oxidation sites excluding steroid dienone is 3. The van der Waals surface area contributed by atoms with Gasteiger partial charge in [-0.3, -0.25) is 0 Å². The van der Waals surface area contributed by atoms with E-state index in [-0.39, 0.29) is 5.41 Å². The van der Waals surface area contributed by atoms with Crippen molar-refractivity contribution in [1.29, 1.82) is 0 Å². The molecule has 0 aliphatic heterocycles. The highest BCUT2D eigenvalue weighted by Crippen LogP contribution is 2.51. The van der Waals surface area contributed by atoms with E-state index in [9.17, 15) is 4.79 Å². The van der Waals surface area contributed by atoms with Gasteiger partial charge in [-0.1, -0.05) is 58.0 Å². The van der Waals surface area contributed by atoms with Gasteiger partial charge in [0.15, 0.2) is 0 Å². The third-order valence-electron chi connectivity index (χ3n) is 6.21. The number of hydrogen-bond acceptors (Lipinski definition) is 1. The first-order chi connectivity index (χ1) is 11.7. The summed E-state index contributed by atoms with van der Waals surface area (Å²) in [6, 6.07) is 7.14. The summed E-state index contributed by atoms with van der Waals surface area (Å²) in [4.78, 5) is 10.7. The normalized spacial score (nSPS) is 31.0. The summed E-state index contributed by atoms with van der Waals surface area (Å²) in [5.41, 5.74) is 5.56. The minimum atomic E-state index is -0.880. The predicted molar refractivity (Wildman–Crippen MR) is 103 cm³/mol. The van der Waals surface area contributed by atoms with E-state index in [2.05, 4.69) is 52.0 Å². The molecule has 0 heterocycles. The molecule has 2 aliphatic carbocycles. The minimum Gasteiger partial charge on any atom is -0.478 e. The maximum Gasteiger partial charge on any atom is 0.328 e. The molecule has 2 nitrogen and oxygen atoms in total. The highest BCUT2D eigenvalue weighted by atomic mass is 16.4. The number of carboxylic acid groups (broad SMARTS) is 1. The lowest BCUT2D eigenvalue weighted by atomic mass is 9.64. The van der Waals surface area contributed by atoms with Gasteiger partial charge in [-0.25, -0.2) is 4.79 Å². The van der Waals surface area contributed by atoms with Gasteiger partial charge in [-0.05, 0) is 71.1 Å². The van der Waals surface area contributed by atoms with Gasteiger partial charge < -0.3 is 5.11 Å². The molecule has 0 amide bonds. The Morgan fingerprint density at radius 1 is 1.28 bits per heavy atom. The summed E-state index contributed by atoms with van der Waals surface area (Å²) in [6.07, 6.45) is 7.80. The molecule has 0 spiro atoms. The van der Waals surface area contributed by atoms with Crippen LogP contribution in [0.2, 0.25) is 0 Å². The fraction of sp³-hybridized carbons (Fsp3) is 0.522. The van der Waals surface area contributed by atoms with Crippen molar-refractivity contribution in [2.75, 3.05) is 0 Å². The number of fused-ring (bicyclic) bond motifs is 1. The number of carbonyl (C=O) groups is 1. The average Bonchev–Trinajstić information content (AvgIpc) is 3.29. The van der Waals surface area contributed by atoms with E-state index in [1.54, 1.807) is 0 Å². The van der Waals surface area contributed by atoms with Crippen molar-refractivity contribution >= 4 is 5.97 Å². The van der Waals surface area contributed by atoms with E-state index in [0.717, 1.165) is 11.5 Å². The molecule has 4 unspecified atom stereocenters. The van der Waals surface area contributed by atoms with Crippen LogP contribution in [-0.4, -0.2) is 11.1 Å². The zero-order chi connectivity index (χ0) is 18.4. The quantitative estimate of drug-likeness (QED) is 0.556. The fourth-order valence-electron chi connectivity index (χ4n) is 4.51. The summed E-state index contributed by atoms with van der Waals surface area (Å²) in [6.45, 7) is 11.3. The Balaban J connectivity index is 1.78. The Morgan fingerprint density at radius 2 is 2.00 bits per heavy atom. The molecule has 0 aromatic heterocycles. The van der Waals surface area contributed by atoms with Crippen LogP contribution in [0.1, 0.15) is 76.0 Å². The van der Waals surface area contributed by atoms with Crippen molar-refractivity contribution in [3.63, 3.8) is 0 Å². The van der Waals surface area contributed by atoms with Gasteiger partial charge in [-0.2, -0.15) is 0 Å². The first-order valence-corrected chi connectivity index (χ1v) is 9.43. The first-order valence-electron chi connectivity index (χ1n) is 9.43. The van der Waals surface area contributed by atoms with E-state index in [1.807, 2.05) is 13.0 Å². The maximum absolute atomic E-state index is 10.7. The Morgan fingerprint density at radius 3 is 2.68 bits per heavy atom. The van der Waals surface area contributed by atoms with Gasteiger partial charge in [0.1, 0.15) is 0 Å². The maximum atomic E-state index is 10.7. The number of benzene rings is 1. The second-order valence-electron chi connectivity index (χ2n) is 8.79. The van der Waals surface area contributed by atoms with E-state index in [4.69, 9.17) is 5.11 Å². The van der Waals surface area contributed by atoms with Crippen molar-refractivity contribution in [3.05, 3.63) is 58.7 Å². The van der Waals surface area contributed by atoms with Crippen molar-refractivity contribution in [2.24, 2.45) is 11.8 Å². The van der Waals surface area contributed by atoms with Crippen molar-refractivity contribution in [1.82, 2.24) is 0 Å². The van der Waals surface area contributed by atoms with E-state index in [0.29, 0.717) is 17.8 Å². The zero-order valence-corrected chi connectivity index (χ0v) is 16.0. The van der Waals surface area contributed by atoms with Crippen LogP contribution < -0.4 is 0 Å². The summed E-state index contributed by atoms with van der Waals surface area (Å²) in [5, 5.41) is 8.79. The molecular weight excluding hydrogens is 308 g/mol. The van der Waals surface area contributed by atoms with E-state index in [1.165, 1.54) is 35.6 Å². The Kier molecular flexibility index (Phi) is 4.66. The smallest absolute Gasteiger partial charge is 0.328 e. The molecule has 0 radical (unpaired) electrons. The van der Waals surface area contributed by atoms with Crippen LogP contribution in [0.5, 0.6) is 0 Å². The molecule has 3 rings (SSSR count). The van der Waals surface area contributed by atoms with Gasteiger partial charge in [0.25, 0.3) is 0 Å². The highest BCUT2D eigenvalue weighted by Gasteiger charge is 2.39. The molecule has 2 aliphatic rings. The largest absolute Gasteiger partial charge is 0.478 e. The first kappa shape index (κ1) is 18.0. The summed E-state index contributed by atoms with van der Waals surface area (Å²) in [7, 11) is 0. The molecule has 1 aromatic carbocycles. The molecule has 2 heteroatoms. The third-order valence-corrected chi connectivity index (χ3v) is 6.21. The minimum absolute atomic E-state index is 0.248. The molecular formula is C23H30O2. The summed E-state index contributed by atoms with van der Waals surface area (Å²) >= 11 is 0. The second-order valence-corrected chi connectivity index (χ2v) is 8.79. The van der Waals surface area contributed by atoms with Crippen molar-refractivity contribution in [3.8, 4) is 0 Å². The summed E-state index contributed by atoms with van der Waals surface area (Å²) < 4.78 is 0. The van der Waals surface area contributed by atoms with Crippen LogP contribution in [0.4, 0.5) is 0 Å². The third kappa shape index (κ3) is 3.73. The lowest BCUT2D eigenvalue weighted by molar-refractivity contribution is -0.131. The van der Waals surface area contributed by atoms with Crippen LogP contribution in [0, 0.1) is 11.8 Å². The van der Waals surface area contributed by atoms with E-state index < -0.39 is 5.97 Å². The molecule has 0 bridgehead atoms. The van der Waals surface area contributed by atoms with Crippen molar-refractivity contribution < 1.29 is 9.90 Å². The number of rotatable bonds is 4. The van der Waals surface area contributed by atoms with Crippen LogP contribution in [0.15, 0.2) is 42.0 Å². The molecule has 1 N–H and O–H groups in total. The Labute approximate surface area is 151 Å². The molecule has 25 heavy (non-hydrogen) atoms. The average molecular weight is 338 g/mol. The number of aliphatic carboxylic acids is 1. The van der Waals surface area contributed by atoms with Gasteiger partial charge in [0.2, 0.25) is 0 Å². The van der Waals surface area contributed by atoms with Crippen LogP contribution in [0.3, 0.4) is 0 Å². The highest BCUT2D eigenvalue weighted by molar-refractivity contribution is 5.81. The van der Waals surface area contributed by atoms with Crippen molar-refractivity contribution in [2.45, 2.75) is 64.7 Å².